The molecule has 1 N–H and O–H groups in total. The number of carbonyl (C=O) groups is 2. The van der Waals surface area contributed by atoms with Gasteiger partial charge in [-0.05, 0) is 15.9 Å². The predicted octanol–water partition coefficient (Wildman–Crippen LogP) is 1.12. The van der Waals surface area contributed by atoms with Crippen molar-refractivity contribution in [1.29, 1.82) is 0 Å². The van der Waals surface area contributed by atoms with Gasteiger partial charge < -0.3 is 9.84 Å². The van der Waals surface area contributed by atoms with Crippen molar-refractivity contribution >= 4 is 44.3 Å². The van der Waals surface area contributed by atoms with Crippen molar-refractivity contribution in [1.82, 2.24) is 0 Å². The molecule has 0 bridgehead atoms. The van der Waals surface area contributed by atoms with Crippen LogP contribution in [0.25, 0.3) is 0 Å². The van der Waals surface area contributed by atoms with Crippen LogP contribution in [0.2, 0.25) is 0 Å². The van der Waals surface area contributed by atoms with Gasteiger partial charge in [-0.25, -0.2) is 0 Å². The lowest BCUT2D eigenvalue weighted by Crippen LogP contribution is -2.29. The molecule has 4 nitrogen and oxygen atoms in total. The molecule has 0 aromatic carbocycles. The Morgan fingerprint density at radius 2 is 2.27 bits per heavy atom. The van der Waals surface area contributed by atoms with E-state index in [2.05, 4.69) is 36.6 Å². The third kappa shape index (κ3) is 4.36. The van der Waals surface area contributed by atoms with E-state index in [0.717, 1.165) is 0 Å². The Morgan fingerprint density at radius 3 is 2.55 bits per heavy atom. The molecule has 11 heavy (non-hydrogen) atoms. The van der Waals surface area contributed by atoms with Crippen LogP contribution in [0.1, 0.15) is 6.42 Å². The highest BCUT2D eigenvalue weighted by Gasteiger charge is 2.30. The number of alkyl halides is 2. The Kier molecular flexibility index (Phi) is 4.67. The zero-order valence-corrected chi connectivity index (χ0v) is 8.59. The normalized spacial score (nSPS) is 15.1. The molecule has 0 amide bonds. The van der Waals surface area contributed by atoms with E-state index in [1.165, 1.54) is 0 Å². The molecule has 1 unspecified atom stereocenters. The summed E-state index contributed by atoms with van der Waals surface area (Å²) in [5, 5.41) is 8.59. The van der Waals surface area contributed by atoms with Gasteiger partial charge in [0.15, 0.2) is 4.51 Å². The van der Waals surface area contributed by atoms with Crippen LogP contribution in [0, 0.1) is 0 Å². The maximum Gasteiger partial charge on any atom is 0.308 e. The van der Waals surface area contributed by atoms with Crippen LogP contribution in [-0.2, 0) is 14.3 Å². The average molecular weight is 290 g/mol. The standard InChI is InChI=1S/C5H6Br2O4/c6-2-5(7,11-3-8)1-4(9)10/h3H,1-2H2,(H,9,10). The van der Waals surface area contributed by atoms with Crippen LogP contribution in [0.3, 0.4) is 0 Å². The third-order valence-corrected chi connectivity index (χ3v) is 3.28. The van der Waals surface area contributed by atoms with Gasteiger partial charge in [0.25, 0.3) is 6.47 Å². The Morgan fingerprint density at radius 1 is 1.73 bits per heavy atom. The minimum absolute atomic E-state index is 0.207. The topological polar surface area (TPSA) is 63.6 Å². The van der Waals surface area contributed by atoms with Gasteiger partial charge in [0.2, 0.25) is 0 Å². The van der Waals surface area contributed by atoms with Crippen LogP contribution >= 0.6 is 31.9 Å². The van der Waals surface area contributed by atoms with Crippen LogP contribution in [0.15, 0.2) is 0 Å². The summed E-state index contributed by atoms with van der Waals surface area (Å²) in [6.07, 6.45) is -0.281. The van der Waals surface area contributed by atoms with Gasteiger partial charge in [0.1, 0.15) is 0 Å². The van der Waals surface area contributed by atoms with Gasteiger partial charge >= 0.3 is 5.97 Å². The fraction of sp³-hybridized carbons (Fsp3) is 0.600. The molecule has 0 rings (SSSR count). The van der Waals surface area contributed by atoms with Crippen LogP contribution < -0.4 is 0 Å². The lowest BCUT2D eigenvalue weighted by molar-refractivity contribution is -0.144. The molecule has 0 saturated heterocycles. The van der Waals surface area contributed by atoms with Crippen molar-refractivity contribution in [3.8, 4) is 0 Å². The SMILES string of the molecule is O=COC(Br)(CBr)CC(=O)O. The molecule has 6 heteroatoms. The van der Waals surface area contributed by atoms with Gasteiger partial charge in [-0.2, -0.15) is 0 Å². The van der Waals surface area contributed by atoms with Crippen molar-refractivity contribution in [2.24, 2.45) is 0 Å². The molecule has 0 aromatic rings. The summed E-state index contributed by atoms with van der Waals surface area (Å²) in [6, 6.07) is 0. The van der Waals surface area contributed by atoms with E-state index in [-0.39, 0.29) is 18.2 Å². The van der Waals surface area contributed by atoms with E-state index in [1.54, 1.807) is 0 Å². The second kappa shape index (κ2) is 4.71. The van der Waals surface area contributed by atoms with Gasteiger partial charge in [-0.3, -0.25) is 9.59 Å². The fourth-order valence-corrected chi connectivity index (χ4v) is 1.08. The average Bonchev–Trinajstić information content (AvgIpc) is 1.87. The molecule has 0 aromatic heterocycles. The summed E-state index contributed by atoms with van der Waals surface area (Å²) < 4.78 is 3.37. The van der Waals surface area contributed by atoms with Gasteiger partial charge in [-0.15, -0.1) is 0 Å². The van der Waals surface area contributed by atoms with Crippen LogP contribution in [0.5, 0.6) is 0 Å². The number of hydrogen-bond donors (Lipinski definition) is 1. The first-order valence-electron chi connectivity index (χ1n) is 2.62. The Labute approximate surface area is 80.2 Å². The third-order valence-electron chi connectivity index (χ3n) is 0.874. The first-order chi connectivity index (χ1) is 5.04. The molecule has 1 atom stereocenters. The minimum Gasteiger partial charge on any atom is -0.481 e. The summed E-state index contributed by atoms with van der Waals surface area (Å²) >= 11 is 5.97. The van der Waals surface area contributed by atoms with E-state index < -0.39 is 10.5 Å². The Hall–Kier alpha value is -0.100. The van der Waals surface area contributed by atoms with Crippen molar-refractivity contribution < 1.29 is 19.4 Å². The second-order valence-corrected chi connectivity index (χ2v) is 3.81. The molecule has 0 saturated carbocycles. The number of hydrogen-bond acceptors (Lipinski definition) is 3. The summed E-state index contributed by atoms with van der Waals surface area (Å²) in [6.45, 7) is 0.207. The lowest BCUT2D eigenvalue weighted by Gasteiger charge is -2.20. The first-order valence-corrected chi connectivity index (χ1v) is 4.53. The zero-order chi connectivity index (χ0) is 8.91. The second-order valence-electron chi connectivity index (χ2n) is 1.80. The van der Waals surface area contributed by atoms with Crippen LogP contribution in [0.4, 0.5) is 0 Å². The summed E-state index contributed by atoms with van der Waals surface area (Å²) in [5.74, 6) is -1.04. The first kappa shape index (κ1) is 10.9. The zero-order valence-electron chi connectivity index (χ0n) is 5.42. The number of carbonyl (C=O) groups excluding carboxylic acids is 1. The van der Waals surface area contributed by atoms with Crippen molar-refractivity contribution in [3.05, 3.63) is 0 Å². The molecular formula is C5H6Br2O4. The Bertz CT molecular complexity index is 161. The molecule has 0 radical (unpaired) electrons. The maximum atomic E-state index is 10.2. The molecule has 0 aliphatic rings. The van der Waals surface area contributed by atoms with Gasteiger partial charge in [0, 0.05) is 0 Å². The summed E-state index contributed by atoms with van der Waals surface area (Å²) in [7, 11) is 0. The number of carboxylic acids is 1. The molecule has 0 spiro atoms. The van der Waals surface area contributed by atoms with Gasteiger partial charge in [0.05, 0.1) is 11.8 Å². The molecule has 0 fully saturated rings. The summed E-state index contributed by atoms with van der Waals surface area (Å²) in [5.41, 5.74) is 0. The van der Waals surface area contributed by atoms with E-state index >= 15 is 0 Å². The minimum atomic E-state index is -1.12. The number of aliphatic carboxylic acids is 1. The largest absolute Gasteiger partial charge is 0.481 e. The molecule has 0 aliphatic heterocycles. The Balaban J connectivity index is 4.08. The van der Waals surface area contributed by atoms with Crippen LogP contribution in [-0.4, -0.2) is 27.4 Å². The smallest absolute Gasteiger partial charge is 0.308 e. The highest BCUT2D eigenvalue weighted by Crippen LogP contribution is 2.25. The predicted molar refractivity (Wildman–Crippen MR) is 44.9 cm³/mol. The van der Waals surface area contributed by atoms with Crippen molar-refractivity contribution in [2.45, 2.75) is 10.9 Å². The number of rotatable bonds is 5. The number of halogens is 2. The highest BCUT2D eigenvalue weighted by atomic mass is 79.9. The monoisotopic (exact) mass is 288 g/mol. The van der Waals surface area contributed by atoms with Gasteiger partial charge in [-0.1, -0.05) is 15.9 Å². The van der Waals surface area contributed by atoms with E-state index in [9.17, 15) is 9.59 Å². The molecule has 64 valence electrons. The summed E-state index contributed by atoms with van der Waals surface area (Å²) in [4.78, 5) is 20.1. The molecular weight excluding hydrogens is 284 g/mol. The molecule has 0 aliphatic carbocycles. The lowest BCUT2D eigenvalue weighted by atomic mass is 10.3. The quantitative estimate of drug-likeness (QED) is 0.608. The van der Waals surface area contributed by atoms with E-state index in [0.29, 0.717) is 0 Å². The number of carboxylic acid groups (broad SMARTS) is 1. The van der Waals surface area contributed by atoms with E-state index in [1.807, 2.05) is 0 Å². The highest BCUT2D eigenvalue weighted by molar-refractivity contribution is 9.12. The van der Waals surface area contributed by atoms with E-state index in [4.69, 9.17) is 5.11 Å². The number of ether oxygens (including phenoxy) is 1. The maximum absolute atomic E-state index is 10.2. The van der Waals surface area contributed by atoms with Crippen molar-refractivity contribution in [2.75, 3.05) is 5.33 Å². The van der Waals surface area contributed by atoms with Crippen molar-refractivity contribution in [3.63, 3.8) is 0 Å². The fourth-order valence-electron chi connectivity index (χ4n) is 0.432. The molecule has 0 heterocycles.